The molecule has 1 aliphatic carbocycles. The van der Waals surface area contributed by atoms with Crippen molar-refractivity contribution in [2.24, 2.45) is 5.92 Å². The first kappa shape index (κ1) is 17.0. The van der Waals surface area contributed by atoms with Crippen LogP contribution in [0, 0.1) is 5.92 Å². The normalized spacial score (nSPS) is 21.8. The van der Waals surface area contributed by atoms with Crippen LogP contribution in [0.3, 0.4) is 0 Å². The molecule has 1 N–H and O–H groups in total. The van der Waals surface area contributed by atoms with E-state index in [9.17, 15) is 13.2 Å². The second-order valence-electron chi connectivity index (χ2n) is 6.68. The third-order valence-corrected chi connectivity index (χ3v) is 5.69. The van der Waals surface area contributed by atoms with Crippen LogP contribution >= 0.6 is 0 Å². The largest absolute Gasteiger partial charge is 0.352 e. The Bertz CT molecular complexity index is 857. The van der Waals surface area contributed by atoms with E-state index in [4.69, 9.17) is 0 Å². The minimum atomic E-state index is -3.51. The monoisotopic (exact) mass is 349 g/mol. The fourth-order valence-corrected chi connectivity index (χ4v) is 4.24. The van der Waals surface area contributed by atoms with Crippen LogP contribution in [-0.2, 0) is 21.2 Å². The molecule has 0 aliphatic heterocycles. The van der Waals surface area contributed by atoms with E-state index in [0.717, 1.165) is 25.5 Å². The van der Waals surface area contributed by atoms with Crippen LogP contribution in [0.25, 0.3) is 11.0 Å². The number of para-hydroxylation sites is 2. The fraction of sp³-hybridized carbons (Fsp3) is 0.529. The lowest BCUT2D eigenvalue weighted by Gasteiger charge is -2.29. The summed E-state index contributed by atoms with van der Waals surface area (Å²) in [4.78, 5) is 16.7. The Morgan fingerprint density at radius 2 is 2.00 bits per heavy atom. The van der Waals surface area contributed by atoms with Crippen molar-refractivity contribution in [3.8, 4) is 0 Å². The Kier molecular flexibility index (Phi) is 4.62. The molecule has 0 bridgehead atoms. The van der Waals surface area contributed by atoms with Gasteiger partial charge < -0.3 is 9.88 Å². The number of carbonyl (C=O) groups excluding carboxylic acids is 1. The molecule has 6 nitrogen and oxygen atoms in total. The molecule has 1 aromatic heterocycles. The highest BCUT2D eigenvalue weighted by atomic mass is 32.2. The van der Waals surface area contributed by atoms with Crippen LogP contribution in [-0.4, -0.2) is 36.2 Å². The number of nitrogens with zero attached hydrogens (tertiary/aromatic N) is 2. The van der Waals surface area contributed by atoms with Gasteiger partial charge in [0.05, 0.1) is 11.0 Å². The van der Waals surface area contributed by atoms with Crippen LogP contribution in [0.1, 0.15) is 32.6 Å². The summed E-state index contributed by atoms with van der Waals surface area (Å²) >= 11 is 0. The molecule has 1 fully saturated rings. The van der Waals surface area contributed by atoms with Crippen molar-refractivity contribution >= 4 is 26.8 Å². The van der Waals surface area contributed by atoms with Gasteiger partial charge in [0, 0.05) is 12.3 Å². The first-order valence-electron chi connectivity index (χ1n) is 8.31. The predicted molar refractivity (Wildman–Crippen MR) is 92.4 cm³/mol. The van der Waals surface area contributed by atoms with E-state index < -0.39 is 9.84 Å². The van der Waals surface area contributed by atoms with E-state index in [-0.39, 0.29) is 23.7 Å². The molecule has 2 aromatic rings. The molecule has 130 valence electrons. The topological polar surface area (TPSA) is 81.1 Å². The Balaban J connectivity index is 1.87. The van der Waals surface area contributed by atoms with E-state index in [1.165, 1.54) is 11.0 Å². The summed E-state index contributed by atoms with van der Waals surface area (Å²) in [6.07, 6.45) is 5.55. The first-order valence-corrected chi connectivity index (χ1v) is 10.2. The zero-order chi connectivity index (χ0) is 17.3. The lowest BCUT2D eigenvalue weighted by Crippen LogP contribution is -2.42. The molecule has 0 unspecified atom stereocenters. The third kappa shape index (κ3) is 3.45. The number of benzene rings is 1. The number of rotatable bonds is 4. The lowest BCUT2D eigenvalue weighted by atomic mass is 9.86. The number of hydrogen-bond donors (Lipinski definition) is 1. The molecule has 0 radical (unpaired) electrons. The van der Waals surface area contributed by atoms with Crippen LogP contribution < -0.4 is 5.32 Å². The fourth-order valence-electron chi connectivity index (χ4n) is 3.42. The van der Waals surface area contributed by atoms with Crippen LogP contribution in [0.4, 0.5) is 0 Å². The van der Waals surface area contributed by atoms with Gasteiger partial charge in [-0.1, -0.05) is 31.9 Å². The molecular weight excluding hydrogens is 326 g/mol. The summed E-state index contributed by atoms with van der Waals surface area (Å²) in [5.74, 6) is 0.290. The standard InChI is InChI=1S/C17H23N3O3S/c1-12-7-3-4-8-13(12)18-16(21)11-20-15-10-6-5-9-14(15)19-17(20)24(2,22)23/h5-6,9-10,12-13H,3-4,7-8,11H2,1-2H3,(H,18,21)/t12-,13-/m1/s1. The number of aromatic nitrogens is 2. The smallest absolute Gasteiger partial charge is 0.240 e. The van der Waals surface area contributed by atoms with Gasteiger partial charge in [-0.2, -0.15) is 0 Å². The molecular formula is C17H23N3O3S. The second-order valence-corrected chi connectivity index (χ2v) is 8.59. The van der Waals surface area contributed by atoms with E-state index in [2.05, 4.69) is 17.2 Å². The number of amides is 1. The van der Waals surface area contributed by atoms with Gasteiger partial charge in [0.25, 0.3) is 0 Å². The van der Waals surface area contributed by atoms with Crippen molar-refractivity contribution in [1.29, 1.82) is 0 Å². The van der Waals surface area contributed by atoms with Crippen molar-refractivity contribution in [3.63, 3.8) is 0 Å². The average molecular weight is 349 g/mol. The number of hydrogen-bond acceptors (Lipinski definition) is 4. The number of fused-ring (bicyclic) bond motifs is 1. The first-order chi connectivity index (χ1) is 11.4. The van der Waals surface area contributed by atoms with Gasteiger partial charge in [0.15, 0.2) is 0 Å². The molecule has 7 heteroatoms. The Morgan fingerprint density at radius 1 is 1.29 bits per heavy atom. The quantitative estimate of drug-likeness (QED) is 0.917. The molecule has 1 heterocycles. The van der Waals surface area contributed by atoms with Crippen molar-refractivity contribution < 1.29 is 13.2 Å². The zero-order valence-electron chi connectivity index (χ0n) is 14.0. The van der Waals surface area contributed by atoms with E-state index in [1.807, 2.05) is 6.07 Å². The highest BCUT2D eigenvalue weighted by Crippen LogP contribution is 2.24. The molecule has 1 amide bonds. The Hall–Kier alpha value is -1.89. The minimum Gasteiger partial charge on any atom is -0.352 e. The number of imidazole rings is 1. The zero-order valence-corrected chi connectivity index (χ0v) is 14.8. The maximum absolute atomic E-state index is 12.5. The molecule has 2 atom stereocenters. The molecule has 1 aromatic carbocycles. The van der Waals surface area contributed by atoms with Gasteiger partial charge in [-0.25, -0.2) is 13.4 Å². The van der Waals surface area contributed by atoms with Gasteiger partial charge in [-0.3, -0.25) is 4.79 Å². The lowest BCUT2D eigenvalue weighted by molar-refractivity contribution is -0.123. The molecule has 0 spiro atoms. The summed E-state index contributed by atoms with van der Waals surface area (Å²) < 4.78 is 25.6. The maximum atomic E-state index is 12.5. The molecule has 1 saturated carbocycles. The van der Waals surface area contributed by atoms with Crippen LogP contribution in [0.2, 0.25) is 0 Å². The minimum absolute atomic E-state index is 0.0356. The Labute approximate surface area is 142 Å². The highest BCUT2D eigenvalue weighted by Gasteiger charge is 2.25. The molecule has 0 saturated heterocycles. The van der Waals surface area contributed by atoms with Crippen molar-refractivity contribution in [2.75, 3.05) is 6.26 Å². The van der Waals surface area contributed by atoms with Gasteiger partial charge >= 0.3 is 0 Å². The predicted octanol–water partition coefficient (Wildman–Crippen LogP) is 2.13. The molecule has 1 aliphatic rings. The van der Waals surface area contributed by atoms with Crippen molar-refractivity contribution in [1.82, 2.24) is 14.9 Å². The van der Waals surface area contributed by atoms with E-state index >= 15 is 0 Å². The van der Waals surface area contributed by atoms with E-state index in [1.54, 1.807) is 18.2 Å². The summed E-state index contributed by atoms with van der Waals surface area (Å²) in [5, 5.41) is 3.01. The Morgan fingerprint density at radius 3 is 2.71 bits per heavy atom. The van der Waals surface area contributed by atoms with E-state index in [0.29, 0.717) is 17.0 Å². The third-order valence-electron chi connectivity index (χ3n) is 4.71. The SMILES string of the molecule is C[C@@H]1CCCC[C@H]1NC(=O)Cn1c(S(C)(=O)=O)nc2ccccc21. The summed E-state index contributed by atoms with van der Waals surface area (Å²) in [6, 6.07) is 7.32. The number of carbonyl (C=O) groups is 1. The number of nitrogens with one attached hydrogen (secondary N) is 1. The summed E-state index contributed by atoms with van der Waals surface area (Å²) in [7, 11) is -3.51. The molecule has 3 rings (SSSR count). The van der Waals surface area contributed by atoms with Crippen LogP contribution in [0.15, 0.2) is 29.4 Å². The molecule has 24 heavy (non-hydrogen) atoms. The van der Waals surface area contributed by atoms with Crippen molar-refractivity contribution in [3.05, 3.63) is 24.3 Å². The van der Waals surface area contributed by atoms with Gasteiger partial charge in [0.1, 0.15) is 6.54 Å². The average Bonchev–Trinajstić information content (AvgIpc) is 2.89. The van der Waals surface area contributed by atoms with Crippen LogP contribution in [0.5, 0.6) is 0 Å². The second kappa shape index (κ2) is 6.55. The van der Waals surface area contributed by atoms with Crippen molar-refractivity contribution in [2.45, 2.75) is 50.4 Å². The van der Waals surface area contributed by atoms with Gasteiger partial charge in [-0.15, -0.1) is 0 Å². The highest BCUT2D eigenvalue weighted by molar-refractivity contribution is 7.90. The summed E-state index contributed by atoms with van der Waals surface area (Å²) in [6.45, 7) is 2.12. The summed E-state index contributed by atoms with van der Waals surface area (Å²) in [5.41, 5.74) is 1.24. The maximum Gasteiger partial charge on any atom is 0.240 e. The van der Waals surface area contributed by atoms with Gasteiger partial charge in [-0.05, 0) is 30.9 Å². The van der Waals surface area contributed by atoms with Gasteiger partial charge in [0.2, 0.25) is 20.9 Å². The number of sulfone groups is 1.